The molecule has 0 N–H and O–H groups in total. The van der Waals surface area contributed by atoms with E-state index in [4.69, 9.17) is 0 Å². The number of benzene rings is 2. The van der Waals surface area contributed by atoms with Crippen LogP contribution in [0.25, 0.3) is 0 Å². The zero-order valence-corrected chi connectivity index (χ0v) is 88.3. The Bertz CT molecular complexity index is 2020. The average molecular weight is 1750 g/mol. The second-order valence-corrected chi connectivity index (χ2v) is 40.4. The molecule has 0 heterocycles. The van der Waals surface area contributed by atoms with Gasteiger partial charge in [-0.25, -0.2) is 0 Å². The third kappa shape index (κ3) is 50.8. The van der Waals surface area contributed by atoms with Gasteiger partial charge in [0.05, 0.1) is 0 Å². The van der Waals surface area contributed by atoms with Crippen LogP contribution in [0.3, 0.4) is 0 Å². The van der Waals surface area contributed by atoms with E-state index in [1.165, 1.54) is 303 Å². The SMILES string of the molecule is C1CCC(C2CCCCC2)CC1.C1CCC(C2CCCCC2)CC1.C1CCC(C2CCCCC2)CC1.C1CCC(C2CCCCC2)CC1.C1CCC(C2CCCCC2)CC1.C1CCC(C2CCCCC2)CC1.CCB(CC)Cc1[c-]cc(CC)c(B(C)C)c1.CCC.CCC.CCC.CCc1c[c-]c(N(C)C)cc1B(C)C.[CH3-].[CH3-].[Y].[Y]. The Kier molecular flexibility index (Phi) is 77.3. The number of rotatable bonds is 15. The minimum absolute atomic E-state index is 0. The van der Waals surface area contributed by atoms with Crippen LogP contribution in [0.4, 0.5) is 5.69 Å². The molecule has 6 heteroatoms. The molecule has 12 aliphatic carbocycles. The second kappa shape index (κ2) is 76.8. The summed E-state index contributed by atoms with van der Waals surface area (Å²) in [5.41, 5.74) is 8.44. The van der Waals surface area contributed by atoms with Gasteiger partial charge >= 0.3 is 0 Å². The summed E-state index contributed by atoms with van der Waals surface area (Å²) in [6.07, 6.45) is 102. The molecular weight excluding hydrogens is 1550 g/mol. The molecule has 1 nitrogen and oxygen atoms in total. The van der Waals surface area contributed by atoms with E-state index in [1.54, 1.807) is 154 Å². The fraction of sp³-hybridized carbons (Fsp3) is 0.873. The van der Waals surface area contributed by atoms with Crippen LogP contribution in [0.5, 0.6) is 0 Å². The van der Waals surface area contributed by atoms with Gasteiger partial charge in [-0.1, -0.05) is 539 Å². The Morgan fingerprint density at radius 1 is 0.267 bits per heavy atom. The predicted molar refractivity (Wildman–Crippen MR) is 528 cm³/mol. The molecule has 12 saturated carbocycles. The summed E-state index contributed by atoms with van der Waals surface area (Å²) in [7, 11) is 4.11. The first-order chi connectivity index (χ1) is 54.7. The monoisotopic (exact) mass is 1750 g/mol. The Morgan fingerprint density at radius 2 is 0.431 bits per heavy atom. The first-order valence-electron chi connectivity index (χ1n) is 52.5. The van der Waals surface area contributed by atoms with Crippen LogP contribution in [0.1, 0.15) is 490 Å². The van der Waals surface area contributed by atoms with Crippen molar-refractivity contribution in [1.82, 2.24) is 0 Å². The van der Waals surface area contributed by atoms with Crippen LogP contribution < -0.4 is 15.8 Å². The van der Waals surface area contributed by atoms with Crippen molar-refractivity contribution in [3.8, 4) is 0 Å². The summed E-state index contributed by atoms with van der Waals surface area (Å²) in [4.78, 5) is 2.10. The van der Waals surface area contributed by atoms with Gasteiger partial charge in [-0.3, -0.25) is 0 Å². The summed E-state index contributed by atoms with van der Waals surface area (Å²) in [6.45, 7) is 32.9. The Hall–Kier alpha value is 0.643. The van der Waals surface area contributed by atoms with Gasteiger partial charge in [-0.05, 0) is 71.0 Å². The number of hydrogen-bond acceptors (Lipinski definition) is 1. The largest absolute Gasteiger partial charge is 0.400 e. The van der Waals surface area contributed by atoms with Gasteiger partial charge < -0.3 is 19.8 Å². The Labute approximate surface area is 785 Å². The molecule has 0 amide bonds. The molecule has 0 aliphatic heterocycles. The van der Waals surface area contributed by atoms with Crippen LogP contribution in [0.15, 0.2) is 24.3 Å². The third-order valence-electron chi connectivity index (χ3n) is 30.1. The molecule has 12 aliphatic rings. The first-order valence-corrected chi connectivity index (χ1v) is 52.5. The molecule has 0 saturated heterocycles. The van der Waals surface area contributed by atoms with E-state index in [2.05, 4.69) is 152 Å². The molecule has 670 valence electrons. The van der Waals surface area contributed by atoms with Gasteiger partial charge in [-0.2, -0.15) is 64.0 Å². The van der Waals surface area contributed by atoms with Crippen molar-refractivity contribution in [3.63, 3.8) is 0 Å². The van der Waals surface area contributed by atoms with Crippen molar-refractivity contribution in [2.24, 2.45) is 71.0 Å². The minimum Gasteiger partial charge on any atom is -0.400 e. The van der Waals surface area contributed by atoms with Crippen molar-refractivity contribution >= 4 is 36.8 Å². The van der Waals surface area contributed by atoms with Crippen LogP contribution >= 0.6 is 0 Å². The summed E-state index contributed by atoms with van der Waals surface area (Å²) in [5.74, 6) is 13.7. The first kappa shape index (κ1) is 117. The number of anilines is 1. The van der Waals surface area contributed by atoms with Crippen molar-refractivity contribution in [2.45, 2.75) is 533 Å². The molecule has 2 aromatic rings. The summed E-state index contributed by atoms with van der Waals surface area (Å²) >= 11 is 0. The van der Waals surface area contributed by atoms with Gasteiger partial charge in [0.2, 0.25) is 0 Å². The van der Waals surface area contributed by atoms with Gasteiger partial charge in [0.15, 0.2) is 0 Å². The molecule has 0 spiro atoms. The molecule has 0 aromatic heterocycles. The molecular formula is C110H206B3NY2-4. The third-order valence-corrected chi connectivity index (χ3v) is 30.1. The molecule has 14 rings (SSSR count). The normalized spacial score (nSPS) is 21.2. The van der Waals surface area contributed by atoms with Gasteiger partial charge in [0, 0.05) is 79.5 Å². The molecule has 12 fully saturated rings. The van der Waals surface area contributed by atoms with Crippen molar-refractivity contribution < 1.29 is 65.4 Å². The maximum Gasteiger partial charge on any atom is 0.142 e. The maximum atomic E-state index is 3.48. The fourth-order valence-electron chi connectivity index (χ4n) is 23.3. The number of nitrogens with zero attached hydrogens (tertiary/aromatic N) is 1. The molecule has 0 bridgehead atoms. The maximum absolute atomic E-state index is 3.48. The van der Waals surface area contributed by atoms with E-state index in [0.717, 1.165) is 90.6 Å². The molecule has 2 aromatic carbocycles. The van der Waals surface area contributed by atoms with Crippen LogP contribution in [0.2, 0.25) is 39.9 Å². The van der Waals surface area contributed by atoms with E-state index in [1.807, 2.05) is 0 Å². The van der Waals surface area contributed by atoms with Crippen molar-refractivity contribution in [1.29, 1.82) is 0 Å². The zero-order chi connectivity index (χ0) is 81.0. The summed E-state index contributed by atoms with van der Waals surface area (Å²) < 4.78 is 0. The quantitative estimate of drug-likeness (QED) is 0.127. The zero-order valence-electron chi connectivity index (χ0n) is 82.7. The van der Waals surface area contributed by atoms with Crippen molar-refractivity contribution in [3.05, 3.63) is 67.9 Å². The number of aryl methyl sites for hydroxylation is 2. The standard InChI is InChI=1S/C15H25B2.C12H19BN.6C12H22.3C3H8.2CH3.2Y/c1-6-14-10-9-13(11-15(14)16(4)5)12-17(7-2)8-3;1-6-10-7-8-11(14(4)5)9-12(10)13(2)3;6*1-3-7-11(8-4-1)12-9-5-2-6-10-12;3*1-3-2;;;;/h10-11H,6-8,12H2,1-5H3;7,9H,6H2,1-5H3;6*11-12H,1-10H2;3*3H2,1-2H3;2*1H3;;/q2*-1;;;;;;;;;;2*-1;;. The van der Waals surface area contributed by atoms with E-state index < -0.39 is 0 Å². The Morgan fingerprint density at radius 3 is 0.578 bits per heavy atom. The van der Waals surface area contributed by atoms with Gasteiger partial charge in [0.1, 0.15) is 20.1 Å². The second-order valence-electron chi connectivity index (χ2n) is 40.4. The number of hydrogen-bond donors (Lipinski definition) is 0. The summed E-state index contributed by atoms with van der Waals surface area (Å²) in [5, 5.41) is 0. The van der Waals surface area contributed by atoms with E-state index in [0.29, 0.717) is 13.4 Å². The van der Waals surface area contributed by atoms with Crippen LogP contribution in [-0.4, -0.2) is 34.2 Å². The predicted octanol–water partition coefficient (Wildman–Crippen LogP) is 35.7. The molecule has 0 atom stereocenters. The minimum atomic E-state index is 0. The van der Waals surface area contributed by atoms with Crippen molar-refractivity contribution in [2.75, 3.05) is 19.0 Å². The molecule has 2 radical (unpaired) electrons. The van der Waals surface area contributed by atoms with Gasteiger partial charge in [-0.15, -0.1) is 0 Å². The van der Waals surface area contributed by atoms with Crippen LogP contribution in [0, 0.1) is 98.0 Å². The Balaban J connectivity index is 0.00000128. The molecule has 116 heavy (non-hydrogen) atoms. The van der Waals surface area contributed by atoms with Crippen LogP contribution in [-0.2, 0) is 84.6 Å². The topological polar surface area (TPSA) is 3.24 Å². The van der Waals surface area contributed by atoms with Gasteiger partial charge in [0.25, 0.3) is 0 Å². The average Bonchev–Trinajstić information content (AvgIpc) is 0.841. The summed E-state index contributed by atoms with van der Waals surface area (Å²) in [6, 6.07) is 15.8. The van der Waals surface area contributed by atoms with E-state index >= 15 is 0 Å². The van der Waals surface area contributed by atoms with E-state index in [-0.39, 0.29) is 80.3 Å². The van der Waals surface area contributed by atoms with E-state index in [9.17, 15) is 0 Å². The fourth-order valence-corrected chi connectivity index (χ4v) is 23.3. The smallest absolute Gasteiger partial charge is 0.142 e. The molecule has 0 unspecified atom stereocenters.